The highest BCUT2D eigenvalue weighted by Gasteiger charge is 2.11. The van der Waals surface area contributed by atoms with Crippen LogP contribution in [0.2, 0.25) is 5.02 Å². The Morgan fingerprint density at radius 1 is 1.33 bits per heavy atom. The van der Waals surface area contributed by atoms with Crippen molar-refractivity contribution in [2.45, 2.75) is 37.5 Å². The molecular formula is C14H22ClNOS. The summed E-state index contributed by atoms with van der Waals surface area (Å²) < 4.78 is 0. The van der Waals surface area contributed by atoms with Gasteiger partial charge in [-0.3, -0.25) is 0 Å². The molecule has 0 spiro atoms. The zero-order valence-electron chi connectivity index (χ0n) is 11.2. The van der Waals surface area contributed by atoms with E-state index in [4.69, 9.17) is 16.7 Å². The number of rotatable bonds is 7. The zero-order chi connectivity index (χ0) is 13.5. The molecular weight excluding hydrogens is 266 g/mol. The topological polar surface area (TPSA) is 32.3 Å². The highest BCUT2D eigenvalue weighted by molar-refractivity contribution is 8.00. The first-order valence-corrected chi connectivity index (χ1v) is 7.56. The van der Waals surface area contributed by atoms with Crippen LogP contribution in [0.15, 0.2) is 23.1 Å². The zero-order valence-corrected chi connectivity index (χ0v) is 12.8. The standard InChI is InChI=1S/C14H22ClNOS/c1-10(2)7-16-8-12-5-4-6-13(15)14(12)18-11(3)9-17/h4-6,10-11,16-17H,7-9H2,1-3H3. The second kappa shape index (κ2) is 8.05. The van der Waals surface area contributed by atoms with Crippen LogP contribution in [-0.2, 0) is 6.54 Å². The largest absolute Gasteiger partial charge is 0.395 e. The fraction of sp³-hybridized carbons (Fsp3) is 0.571. The molecule has 0 aliphatic heterocycles. The van der Waals surface area contributed by atoms with Crippen LogP contribution in [-0.4, -0.2) is 23.5 Å². The van der Waals surface area contributed by atoms with Crippen molar-refractivity contribution >= 4 is 23.4 Å². The Hall–Kier alpha value is -0.220. The lowest BCUT2D eigenvalue weighted by Crippen LogP contribution is -2.19. The van der Waals surface area contributed by atoms with Crippen molar-refractivity contribution in [3.8, 4) is 0 Å². The first-order valence-electron chi connectivity index (χ1n) is 6.30. The Morgan fingerprint density at radius 3 is 2.67 bits per heavy atom. The Labute approximate surface area is 119 Å². The van der Waals surface area contributed by atoms with Crippen molar-refractivity contribution in [2.24, 2.45) is 5.92 Å². The van der Waals surface area contributed by atoms with Gasteiger partial charge in [-0.1, -0.05) is 44.5 Å². The number of aliphatic hydroxyl groups excluding tert-OH is 1. The fourth-order valence-electron chi connectivity index (χ4n) is 1.56. The van der Waals surface area contributed by atoms with Gasteiger partial charge in [0.2, 0.25) is 0 Å². The van der Waals surface area contributed by atoms with Crippen LogP contribution in [0.4, 0.5) is 0 Å². The SMILES string of the molecule is CC(C)CNCc1cccc(Cl)c1SC(C)CO. The third-order valence-corrected chi connectivity index (χ3v) is 4.19. The van der Waals surface area contributed by atoms with Crippen molar-refractivity contribution in [3.05, 3.63) is 28.8 Å². The molecule has 0 aliphatic rings. The molecule has 0 radical (unpaired) electrons. The number of nitrogens with one attached hydrogen (secondary N) is 1. The molecule has 102 valence electrons. The average Bonchev–Trinajstić information content (AvgIpc) is 2.32. The lowest BCUT2D eigenvalue weighted by molar-refractivity contribution is 0.300. The minimum Gasteiger partial charge on any atom is -0.395 e. The van der Waals surface area contributed by atoms with Gasteiger partial charge in [-0.05, 0) is 24.1 Å². The maximum absolute atomic E-state index is 9.15. The van der Waals surface area contributed by atoms with E-state index < -0.39 is 0 Å². The minimum atomic E-state index is 0.161. The molecule has 0 heterocycles. The summed E-state index contributed by atoms with van der Waals surface area (Å²) in [5, 5.41) is 13.5. The summed E-state index contributed by atoms with van der Waals surface area (Å²) in [7, 11) is 0. The van der Waals surface area contributed by atoms with Gasteiger partial charge in [0.25, 0.3) is 0 Å². The maximum Gasteiger partial charge on any atom is 0.0550 e. The molecule has 0 aromatic heterocycles. The van der Waals surface area contributed by atoms with Gasteiger partial charge in [0.05, 0.1) is 11.6 Å². The number of benzene rings is 1. The van der Waals surface area contributed by atoms with Crippen LogP contribution in [0.1, 0.15) is 26.3 Å². The maximum atomic E-state index is 9.15. The molecule has 1 unspecified atom stereocenters. The number of aliphatic hydroxyl groups is 1. The number of halogens is 1. The monoisotopic (exact) mass is 287 g/mol. The van der Waals surface area contributed by atoms with E-state index in [-0.39, 0.29) is 11.9 Å². The summed E-state index contributed by atoms with van der Waals surface area (Å²) in [5.74, 6) is 0.636. The molecule has 1 atom stereocenters. The molecule has 0 aliphatic carbocycles. The summed E-state index contributed by atoms with van der Waals surface area (Å²) in [4.78, 5) is 1.08. The summed E-state index contributed by atoms with van der Waals surface area (Å²) in [6, 6.07) is 5.97. The average molecular weight is 288 g/mol. The highest BCUT2D eigenvalue weighted by Crippen LogP contribution is 2.33. The van der Waals surface area contributed by atoms with E-state index in [1.807, 2.05) is 19.1 Å². The molecule has 0 fully saturated rings. The van der Waals surface area contributed by atoms with Gasteiger partial charge in [-0.15, -0.1) is 11.8 Å². The van der Waals surface area contributed by atoms with E-state index in [9.17, 15) is 0 Å². The summed E-state index contributed by atoms with van der Waals surface area (Å²) >= 11 is 7.88. The Morgan fingerprint density at radius 2 is 2.06 bits per heavy atom. The van der Waals surface area contributed by atoms with Crippen molar-refractivity contribution in [2.75, 3.05) is 13.2 Å². The van der Waals surface area contributed by atoms with Gasteiger partial charge < -0.3 is 10.4 Å². The van der Waals surface area contributed by atoms with Gasteiger partial charge in [0, 0.05) is 16.7 Å². The summed E-state index contributed by atoms with van der Waals surface area (Å²) in [6.07, 6.45) is 0. The van der Waals surface area contributed by atoms with E-state index in [1.165, 1.54) is 5.56 Å². The van der Waals surface area contributed by atoms with Crippen molar-refractivity contribution in [3.63, 3.8) is 0 Å². The second-order valence-electron chi connectivity index (χ2n) is 4.86. The van der Waals surface area contributed by atoms with Crippen LogP contribution >= 0.6 is 23.4 Å². The second-order valence-corrected chi connectivity index (χ2v) is 6.72. The van der Waals surface area contributed by atoms with E-state index in [0.29, 0.717) is 5.92 Å². The van der Waals surface area contributed by atoms with Crippen LogP contribution < -0.4 is 5.32 Å². The van der Waals surface area contributed by atoms with Crippen LogP contribution in [0.3, 0.4) is 0 Å². The lowest BCUT2D eigenvalue weighted by atomic mass is 10.2. The van der Waals surface area contributed by atoms with Gasteiger partial charge in [0.15, 0.2) is 0 Å². The normalized spacial score (nSPS) is 13.0. The first kappa shape index (κ1) is 15.8. The molecule has 0 amide bonds. The number of thioether (sulfide) groups is 1. The quantitative estimate of drug-likeness (QED) is 0.752. The van der Waals surface area contributed by atoms with Crippen molar-refractivity contribution < 1.29 is 5.11 Å². The smallest absolute Gasteiger partial charge is 0.0550 e. The van der Waals surface area contributed by atoms with Gasteiger partial charge in [-0.2, -0.15) is 0 Å². The molecule has 1 aromatic rings. The molecule has 1 aromatic carbocycles. The Balaban J connectivity index is 2.73. The van der Waals surface area contributed by atoms with Crippen molar-refractivity contribution in [1.29, 1.82) is 0 Å². The molecule has 2 N–H and O–H groups in total. The summed E-state index contributed by atoms with van der Waals surface area (Å²) in [5.41, 5.74) is 1.20. The fourth-order valence-corrected chi connectivity index (χ4v) is 2.84. The molecule has 0 bridgehead atoms. The molecule has 0 saturated heterocycles. The highest BCUT2D eigenvalue weighted by atomic mass is 35.5. The summed E-state index contributed by atoms with van der Waals surface area (Å²) in [6.45, 7) is 8.35. The Bertz CT molecular complexity index is 371. The molecule has 4 heteroatoms. The third kappa shape index (κ3) is 5.19. The minimum absolute atomic E-state index is 0.161. The van der Waals surface area contributed by atoms with Crippen molar-refractivity contribution in [1.82, 2.24) is 5.32 Å². The van der Waals surface area contributed by atoms with E-state index in [0.717, 1.165) is 23.0 Å². The molecule has 18 heavy (non-hydrogen) atoms. The van der Waals surface area contributed by atoms with Crippen LogP contribution in [0.25, 0.3) is 0 Å². The predicted octanol–water partition coefficient (Wildman–Crippen LogP) is 3.56. The third-order valence-electron chi connectivity index (χ3n) is 2.49. The number of hydrogen-bond acceptors (Lipinski definition) is 3. The van der Waals surface area contributed by atoms with E-state index in [1.54, 1.807) is 11.8 Å². The van der Waals surface area contributed by atoms with Gasteiger partial charge in [0.1, 0.15) is 0 Å². The lowest BCUT2D eigenvalue weighted by Gasteiger charge is -2.15. The number of hydrogen-bond donors (Lipinski definition) is 2. The van der Waals surface area contributed by atoms with E-state index in [2.05, 4.69) is 25.2 Å². The van der Waals surface area contributed by atoms with Gasteiger partial charge >= 0.3 is 0 Å². The Kier molecular flexibility index (Phi) is 7.08. The molecule has 0 saturated carbocycles. The van der Waals surface area contributed by atoms with Crippen LogP contribution in [0, 0.1) is 5.92 Å². The molecule has 1 rings (SSSR count). The van der Waals surface area contributed by atoms with E-state index >= 15 is 0 Å². The van der Waals surface area contributed by atoms with Crippen LogP contribution in [0.5, 0.6) is 0 Å². The van der Waals surface area contributed by atoms with Gasteiger partial charge in [-0.25, -0.2) is 0 Å². The predicted molar refractivity (Wildman–Crippen MR) is 80.4 cm³/mol. The molecule has 2 nitrogen and oxygen atoms in total. The first-order chi connectivity index (χ1) is 8.54.